The van der Waals surface area contributed by atoms with Gasteiger partial charge in [-0.3, -0.25) is 9.59 Å². The first kappa shape index (κ1) is 18.9. The van der Waals surface area contributed by atoms with Crippen molar-refractivity contribution >= 4 is 39.1 Å². The summed E-state index contributed by atoms with van der Waals surface area (Å²) in [5.41, 5.74) is 0.366. The van der Waals surface area contributed by atoms with Crippen LogP contribution in [0.3, 0.4) is 0 Å². The molecule has 30 heavy (non-hydrogen) atoms. The molecule has 1 amide bonds. The third-order valence-corrected chi connectivity index (χ3v) is 6.86. The van der Waals surface area contributed by atoms with E-state index >= 15 is 0 Å². The first-order valence-corrected chi connectivity index (χ1v) is 11.0. The van der Waals surface area contributed by atoms with Gasteiger partial charge in [-0.2, -0.15) is 8.42 Å². The predicted molar refractivity (Wildman–Crippen MR) is 106 cm³/mol. The minimum absolute atomic E-state index is 0.00216. The van der Waals surface area contributed by atoms with Crippen LogP contribution in [0.5, 0.6) is 0 Å². The second-order valence-corrected chi connectivity index (χ2v) is 9.18. The monoisotopic (exact) mass is 428 g/mol. The first-order chi connectivity index (χ1) is 14.3. The van der Waals surface area contributed by atoms with Crippen molar-refractivity contribution < 1.29 is 22.4 Å². The number of hydrogen-bond donors (Lipinski definition) is 1. The number of Topliss-reactive ketones (excluding diaryl/α,β-unsaturated/α-hetero) is 1. The zero-order valence-electron chi connectivity index (χ0n) is 15.7. The van der Waals surface area contributed by atoms with Crippen molar-refractivity contribution in [2.75, 3.05) is 16.8 Å². The van der Waals surface area contributed by atoms with Crippen molar-refractivity contribution in [3.05, 3.63) is 47.9 Å². The summed E-state index contributed by atoms with van der Waals surface area (Å²) >= 11 is 0. The predicted octanol–water partition coefficient (Wildman–Crippen LogP) is 2.38. The van der Waals surface area contributed by atoms with Crippen LogP contribution in [0.25, 0.3) is 0 Å². The lowest BCUT2D eigenvalue weighted by atomic mass is 9.88. The van der Waals surface area contributed by atoms with E-state index in [1.807, 2.05) is 0 Å². The fourth-order valence-corrected chi connectivity index (χ4v) is 4.92. The van der Waals surface area contributed by atoms with Crippen LogP contribution in [0, 0.1) is 17.7 Å². The van der Waals surface area contributed by atoms with Crippen molar-refractivity contribution in [3.8, 4) is 0 Å². The molecule has 5 rings (SSSR count). The number of rotatable bonds is 4. The molecule has 1 atom stereocenters. The summed E-state index contributed by atoms with van der Waals surface area (Å²) in [7, 11) is -4.14. The summed E-state index contributed by atoms with van der Waals surface area (Å²) in [4.78, 5) is 31.7. The van der Waals surface area contributed by atoms with Gasteiger partial charge in [0, 0.05) is 18.3 Å². The number of carbonyl (C=O) groups is 2. The van der Waals surface area contributed by atoms with Gasteiger partial charge in [-0.15, -0.1) is 4.40 Å². The van der Waals surface area contributed by atoms with Crippen LogP contribution in [0.15, 0.2) is 45.8 Å². The molecule has 1 aliphatic carbocycles. The van der Waals surface area contributed by atoms with E-state index in [1.54, 1.807) is 0 Å². The second-order valence-electron chi connectivity index (χ2n) is 7.61. The molecule has 8 nitrogen and oxygen atoms in total. The van der Waals surface area contributed by atoms with E-state index < -0.39 is 33.4 Å². The van der Waals surface area contributed by atoms with Gasteiger partial charge in [-0.25, -0.2) is 9.37 Å². The highest BCUT2D eigenvalue weighted by molar-refractivity contribution is 7.90. The molecule has 0 spiro atoms. The summed E-state index contributed by atoms with van der Waals surface area (Å²) in [6.07, 6.45) is 4.33. The van der Waals surface area contributed by atoms with Gasteiger partial charge in [0.2, 0.25) is 5.91 Å². The molecule has 1 N–H and O–H groups in total. The van der Waals surface area contributed by atoms with Crippen LogP contribution >= 0.6 is 0 Å². The highest BCUT2D eigenvalue weighted by Gasteiger charge is 2.45. The molecule has 1 aromatic carbocycles. The van der Waals surface area contributed by atoms with E-state index in [0.29, 0.717) is 18.2 Å². The molecule has 1 aromatic heterocycles. The maximum atomic E-state index is 13.9. The van der Waals surface area contributed by atoms with Crippen molar-refractivity contribution in [1.82, 2.24) is 4.98 Å². The van der Waals surface area contributed by atoms with E-state index in [-0.39, 0.29) is 22.1 Å². The van der Waals surface area contributed by atoms with E-state index in [2.05, 4.69) is 14.7 Å². The van der Waals surface area contributed by atoms with Crippen molar-refractivity contribution in [2.45, 2.75) is 24.2 Å². The van der Waals surface area contributed by atoms with Crippen LogP contribution in [0.4, 0.5) is 15.9 Å². The van der Waals surface area contributed by atoms with Crippen molar-refractivity contribution in [3.63, 3.8) is 0 Å². The number of hydrogen-bond acceptors (Lipinski definition) is 6. The third kappa shape index (κ3) is 3.07. The Morgan fingerprint density at radius 1 is 1.20 bits per heavy atom. The third-order valence-electron chi connectivity index (χ3n) is 5.53. The Morgan fingerprint density at radius 2 is 2.00 bits per heavy atom. The molecule has 1 saturated carbocycles. The number of nitrogens with zero attached hydrogens (tertiary/aromatic N) is 3. The van der Waals surface area contributed by atoms with Gasteiger partial charge >= 0.3 is 0 Å². The van der Waals surface area contributed by atoms with Gasteiger partial charge in [-0.05, 0) is 42.7 Å². The number of ketones is 1. The molecule has 1 fully saturated rings. The number of nitrogens with one attached hydrogen (secondary N) is 1. The minimum atomic E-state index is -4.14. The van der Waals surface area contributed by atoms with Crippen molar-refractivity contribution in [1.29, 1.82) is 0 Å². The Labute approximate surface area is 171 Å². The first-order valence-electron chi connectivity index (χ1n) is 9.57. The molecule has 2 aliphatic heterocycles. The molecule has 10 heteroatoms. The summed E-state index contributed by atoms with van der Waals surface area (Å²) in [5.74, 6) is -3.20. The summed E-state index contributed by atoms with van der Waals surface area (Å²) in [6, 6.07) is 6.47. The largest absolute Gasteiger partial charge is 0.326 e. The standard InChI is InChI=1S/C20H17FN4O4S/c21-12-5-6-14-13(10-12)17(26)16(20(27)25(14)9-7-11-3-4-11)19-23-18-15(2-1-8-22-18)30(28,29)24-19/h1-2,5-6,8,10-11,16H,3-4,7,9H2,(H,22,23,24). The topological polar surface area (TPSA) is 109 Å². The van der Waals surface area contributed by atoms with Gasteiger partial charge in [-0.1, -0.05) is 12.8 Å². The number of aromatic nitrogens is 1. The number of sulfonamides is 1. The number of anilines is 2. The molecule has 154 valence electrons. The average molecular weight is 428 g/mol. The van der Waals surface area contributed by atoms with Crippen molar-refractivity contribution in [2.24, 2.45) is 16.2 Å². The molecule has 1 unspecified atom stereocenters. The average Bonchev–Trinajstić information content (AvgIpc) is 3.52. The smallest absolute Gasteiger partial charge is 0.287 e. The van der Waals surface area contributed by atoms with Gasteiger partial charge in [0.1, 0.15) is 16.5 Å². The molecule has 2 aromatic rings. The van der Waals surface area contributed by atoms with Crippen LogP contribution in [0.1, 0.15) is 29.6 Å². The summed E-state index contributed by atoms with van der Waals surface area (Å²) in [5, 5.41) is 2.72. The summed E-state index contributed by atoms with van der Waals surface area (Å²) in [6.45, 7) is 0.362. The van der Waals surface area contributed by atoms with Crippen LogP contribution in [-0.4, -0.2) is 37.5 Å². The SMILES string of the molecule is O=C1c2cc(F)ccc2N(CCC2CC2)C(=O)C1C1=NS(=O)(=O)c2cccnc2N1. The van der Waals surface area contributed by atoms with E-state index in [9.17, 15) is 22.4 Å². The number of amides is 1. The molecule has 3 heterocycles. The van der Waals surface area contributed by atoms with Crippen LogP contribution < -0.4 is 10.2 Å². The number of pyridine rings is 1. The minimum Gasteiger partial charge on any atom is -0.326 e. The Hall–Kier alpha value is -3.14. The molecule has 0 radical (unpaired) electrons. The zero-order valence-corrected chi connectivity index (χ0v) is 16.5. The van der Waals surface area contributed by atoms with E-state index in [0.717, 1.165) is 25.3 Å². The Balaban J connectivity index is 1.59. The molecule has 0 saturated heterocycles. The normalized spacial score (nSPS) is 22.1. The molecular weight excluding hydrogens is 411 g/mol. The lowest BCUT2D eigenvalue weighted by Gasteiger charge is -2.34. The number of halogens is 1. The van der Waals surface area contributed by atoms with Gasteiger partial charge in [0.05, 0.1) is 5.69 Å². The number of fused-ring (bicyclic) bond motifs is 2. The lowest BCUT2D eigenvalue weighted by Crippen LogP contribution is -2.50. The Bertz CT molecular complexity index is 1220. The number of carbonyl (C=O) groups excluding carboxylic acids is 2. The lowest BCUT2D eigenvalue weighted by molar-refractivity contribution is -0.119. The fraction of sp³-hybridized carbons (Fsp3) is 0.300. The highest BCUT2D eigenvalue weighted by Crippen LogP contribution is 2.37. The van der Waals surface area contributed by atoms with Gasteiger partial charge in [0.15, 0.2) is 17.5 Å². The highest BCUT2D eigenvalue weighted by atomic mass is 32.2. The van der Waals surface area contributed by atoms with Gasteiger partial charge in [0.25, 0.3) is 10.0 Å². The van der Waals surface area contributed by atoms with Crippen LogP contribution in [-0.2, 0) is 14.8 Å². The molecular formula is C20H17FN4O4S. The quantitative estimate of drug-likeness (QED) is 0.749. The molecule has 3 aliphatic rings. The van der Waals surface area contributed by atoms with E-state index in [4.69, 9.17) is 0 Å². The summed E-state index contributed by atoms with van der Waals surface area (Å²) < 4.78 is 42.8. The maximum Gasteiger partial charge on any atom is 0.287 e. The second kappa shape index (κ2) is 6.69. The van der Waals surface area contributed by atoms with Gasteiger partial charge < -0.3 is 10.2 Å². The van der Waals surface area contributed by atoms with E-state index in [1.165, 1.54) is 35.4 Å². The Morgan fingerprint density at radius 3 is 2.77 bits per heavy atom. The van der Waals surface area contributed by atoms with Crippen LogP contribution in [0.2, 0.25) is 0 Å². The molecule has 0 bridgehead atoms. The Kier molecular flexibility index (Phi) is 4.21. The number of amidine groups is 1. The fourth-order valence-electron chi connectivity index (χ4n) is 3.81. The number of benzene rings is 1. The maximum absolute atomic E-state index is 13.9. The zero-order chi connectivity index (χ0) is 21.0.